The number of hydrogen-bond donors (Lipinski definition) is 0. The van der Waals surface area contributed by atoms with Gasteiger partial charge >= 0.3 is 0 Å². The second-order valence-corrected chi connectivity index (χ2v) is 5.63. The number of hydrogen-bond acceptors (Lipinski definition) is 6. The molecule has 0 fully saturated rings. The van der Waals surface area contributed by atoms with Crippen LogP contribution in [0.3, 0.4) is 0 Å². The predicted octanol–water partition coefficient (Wildman–Crippen LogP) is 2.21. The average molecular weight is 287 g/mol. The molecule has 4 nitrogen and oxygen atoms in total. The Morgan fingerprint density at radius 1 is 1.21 bits per heavy atom. The summed E-state index contributed by atoms with van der Waals surface area (Å²) in [4.78, 5) is 21.0. The second kappa shape index (κ2) is 4.99. The highest BCUT2D eigenvalue weighted by Gasteiger charge is 2.09. The van der Waals surface area contributed by atoms with Crippen molar-refractivity contribution in [2.75, 3.05) is 0 Å². The van der Waals surface area contributed by atoms with Crippen LogP contribution >= 0.6 is 23.1 Å². The van der Waals surface area contributed by atoms with E-state index in [0.717, 1.165) is 15.2 Å². The molecule has 0 aliphatic carbocycles. The minimum absolute atomic E-state index is 0.175. The third-order valence-corrected chi connectivity index (χ3v) is 4.45. The Morgan fingerprint density at radius 2 is 2.05 bits per heavy atom. The van der Waals surface area contributed by atoms with Crippen LogP contribution in [0.5, 0.6) is 0 Å². The smallest absolute Gasteiger partial charge is 0.127 e. The molecule has 0 saturated heterocycles. The van der Waals surface area contributed by atoms with E-state index in [2.05, 4.69) is 9.97 Å². The van der Waals surface area contributed by atoms with Crippen LogP contribution in [0.4, 0.5) is 0 Å². The van der Waals surface area contributed by atoms with E-state index in [1.807, 2.05) is 11.4 Å². The molecule has 0 aliphatic heterocycles. The zero-order valence-corrected chi connectivity index (χ0v) is 11.2. The quantitative estimate of drug-likeness (QED) is 0.691. The van der Waals surface area contributed by atoms with E-state index in [4.69, 9.17) is 0 Å². The van der Waals surface area contributed by atoms with Gasteiger partial charge in [-0.1, -0.05) is 30.0 Å². The van der Waals surface area contributed by atoms with E-state index in [-0.39, 0.29) is 5.56 Å². The maximum Gasteiger partial charge on any atom is 0.127 e. The lowest BCUT2D eigenvalue weighted by molar-refractivity contribution is -0.255. The molecule has 2 heterocycles. The van der Waals surface area contributed by atoms with Crippen molar-refractivity contribution in [1.82, 2.24) is 9.97 Å². The molecular weight excluding hydrogens is 280 g/mol. The number of aromatic carboxylic acids is 1. The standard InChI is InChI=1S/C13H8N2O2S2/c16-13(17)8-3-1-2-4-10(8)19-12-9-5-6-18-11(9)14-7-15-12/h1-7H,(H,16,17)/p-1. The predicted molar refractivity (Wildman–Crippen MR) is 72.3 cm³/mol. The van der Waals surface area contributed by atoms with E-state index in [1.54, 1.807) is 18.2 Å². The minimum Gasteiger partial charge on any atom is -0.545 e. The van der Waals surface area contributed by atoms with Crippen LogP contribution in [0.1, 0.15) is 10.4 Å². The van der Waals surface area contributed by atoms with E-state index in [1.165, 1.54) is 35.5 Å². The van der Waals surface area contributed by atoms with Gasteiger partial charge in [-0.25, -0.2) is 9.97 Å². The molecule has 0 saturated carbocycles. The minimum atomic E-state index is -1.18. The van der Waals surface area contributed by atoms with Crippen molar-refractivity contribution in [2.24, 2.45) is 0 Å². The van der Waals surface area contributed by atoms with Gasteiger partial charge in [-0.15, -0.1) is 11.3 Å². The number of carbonyl (C=O) groups is 1. The molecular formula is C13H7N2O2S2-. The Balaban J connectivity index is 2.06. The van der Waals surface area contributed by atoms with Crippen LogP contribution in [0.2, 0.25) is 0 Å². The summed E-state index contributed by atoms with van der Waals surface area (Å²) in [7, 11) is 0. The molecule has 0 bridgehead atoms. The van der Waals surface area contributed by atoms with Gasteiger partial charge in [0.2, 0.25) is 0 Å². The lowest BCUT2D eigenvalue weighted by Gasteiger charge is -2.09. The number of carbonyl (C=O) groups excluding carboxylic acids is 1. The van der Waals surface area contributed by atoms with Gasteiger partial charge in [0.15, 0.2) is 0 Å². The van der Waals surface area contributed by atoms with Gasteiger partial charge in [0, 0.05) is 15.8 Å². The summed E-state index contributed by atoms with van der Waals surface area (Å²) in [6, 6.07) is 8.68. The largest absolute Gasteiger partial charge is 0.545 e. The van der Waals surface area contributed by atoms with Crippen LogP contribution in [0.15, 0.2) is 52.0 Å². The third kappa shape index (κ3) is 2.32. The highest BCUT2D eigenvalue weighted by Crippen LogP contribution is 2.34. The number of benzene rings is 1. The number of fused-ring (bicyclic) bond motifs is 1. The molecule has 6 heteroatoms. The van der Waals surface area contributed by atoms with Gasteiger partial charge in [-0.3, -0.25) is 0 Å². The summed E-state index contributed by atoms with van der Waals surface area (Å²) >= 11 is 2.84. The Bertz CT molecular complexity index is 755. The van der Waals surface area contributed by atoms with Crippen LogP contribution in [0.25, 0.3) is 10.2 Å². The van der Waals surface area contributed by atoms with Crippen LogP contribution in [-0.2, 0) is 0 Å². The summed E-state index contributed by atoms with van der Waals surface area (Å²) in [6.45, 7) is 0. The first-order chi connectivity index (χ1) is 9.25. The zero-order chi connectivity index (χ0) is 13.2. The fraction of sp³-hybridized carbons (Fsp3) is 0. The van der Waals surface area contributed by atoms with Crippen LogP contribution < -0.4 is 5.11 Å². The molecule has 3 rings (SSSR count). The average Bonchev–Trinajstić information content (AvgIpc) is 2.88. The van der Waals surface area contributed by atoms with Gasteiger partial charge in [-0.2, -0.15) is 0 Å². The lowest BCUT2D eigenvalue weighted by Crippen LogP contribution is -2.22. The van der Waals surface area contributed by atoms with Gasteiger partial charge in [-0.05, 0) is 17.5 Å². The number of carboxylic acid groups (broad SMARTS) is 1. The number of aromatic nitrogens is 2. The highest BCUT2D eigenvalue weighted by molar-refractivity contribution is 7.99. The van der Waals surface area contributed by atoms with E-state index < -0.39 is 5.97 Å². The molecule has 0 unspecified atom stereocenters. The number of rotatable bonds is 3. The Labute approximate surface area is 117 Å². The number of carboxylic acids is 1. The maximum atomic E-state index is 11.1. The highest BCUT2D eigenvalue weighted by atomic mass is 32.2. The summed E-state index contributed by atoms with van der Waals surface area (Å²) < 4.78 is 0. The molecule has 0 spiro atoms. The van der Waals surface area contributed by atoms with Crippen LogP contribution in [0, 0.1) is 0 Å². The summed E-state index contributed by atoms with van der Waals surface area (Å²) in [5.74, 6) is -1.18. The molecule has 94 valence electrons. The first-order valence-electron chi connectivity index (χ1n) is 5.42. The molecule has 19 heavy (non-hydrogen) atoms. The van der Waals surface area contributed by atoms with E-state index >= 15 is 0 Å². The van der Waals surface area contributed by atoms with Crippen molar-refractivity contribution in [1.29, 1.82) is 0 Å². The normalized spacial score (nSPS) is 10.7. The summed E-state index contributed by atoms with van der Waals surface area (Å²) in [5.41, 5.74) is 0.175. The Kier molecular flexibility index (Phi) is 3.18. The first kappa shape index (κ1) is 12.1. The van der Waals surface area contributed by atoms with Crippen molar-refractivity contribution >= 4 is 39.3 Å². The van der Waals surface area contributed by atoms with Crippen molar-refractivity contribution in [3.05, 3.63) is 47.6 Å². The van der Waals surface area contributed by atoms with Gasteiger partial charge in [0.25, 0.3) is 0 Å². The Hall–Kier alpha value is -1.92. The number of nitrogens with zero attached hydrogens (tertiary/aromatic N) is 2. The third-order valence-electron chi connectivity index (χ3n) is 2.54. The van der Waals surface area contributed by atoms with E-state index in [9.17, 15) is 9.90 Å². The second-order valence-electron chi connectivity index (χ2n) is 3.70. The van der Waals surface area contributed by atoms with Gasteiger partial charge in [0.1, 0.15) is 16.2 Å². The van der Waals surface area contributed by atoms with Gasteiger partial charge < -0.3 is 9.90 Å². The molecule has 0 amide bonds. The van der Waals surface area contributed by atoms with Crippen molar-refractivity contribution < 1.29 is 9.90 Å². The molecule has 0 aliphatic rings. The van der Waals surface area contributed by atoms with Crippen molar-refractivity contribution in [3.8, 4) is 0 Å². The molecule has 3 aromatic rings. The topological polar surface area (TPSA) is 65.9 Å². The summed E-state index contributed by atoms with van der Waals surface area (Å²) in [6.07, 6.45) is 1.49. The molecule has 1 aromatic carbocycles. The first-order valence-corrected chi connectivity index (χ1v) is 7.12. The fourth-order valence-corrected chi connectivity index (χ4v) is 3.47. The Morgan fingerprint density at radius 3 is 2.89 bits per heavy atom. The molecule has 2 aromatic heterocycles. The molecule has 0 radical (unpaired) electrons. The van der Waals surface area contributed by atoms with Crippen molar-refractivity contribution in [3.63, 3.8) is 0 Å². The molecule has 0 N–H and O–H groups in total. The summed E-state index contributed by atoms with van der Waals surface area (Å²) in [5, 5.41) is 14.7. The van der Waals surface area contributed by atoms with Crippen molar-refractivity contribution in [2.45, 2.75) is 9.92 Å². The number of thiophene rings is 1. The maximum absolute atomic E-state index is 11.1. The van der Waals surface area contributed by atoms with Gasteiger partial charge in [0.05, 0.1) is 5.97 Å². The zero-order valence-electron chi connectivity index (χ0n) is 9.57. The van der Waals surface area contributed by atoms with Crippen LogP contribution in [-0.4, -0.2) is 15.9 Å². The SMILES string of the molecule is O=C([O-])c1ccccc1Sc1ncnc2sccc12. The van der Waals surface area contributed by atoms with E-state index in [0.29, 0.717) is 4.90 Å². The lowest BCUT2D eigenvalue weighted by atomic mass is 10.2. The fourth-order valence-electron chi connectivity index (χ4n) is 1.68. The molecule has 0 atom stereocenters. The monoisotopic (exact) mass is 287 g/mol.